The van der Waals surface area contributed by atoms with Crippen LogP contribution in [-0.4, -0.2) is 21.1 Å². The van der Waals surface area contributed by atoms with Gasteiger partial charge in [-0.3, -0.25) is 0 Å². The van der Waals surface area contributed by atoms with E-state index in [1.807, 2.05) is 0 Å². The normalized spacial score (nSPS) is 10.9. The van der Waals surface area contributed by atoms with Crippen molar-refractivity contribution in [2.24, 2.45) is 0 Å². The first-order valence-corrected chi connectivity index (χ1v) is 6.15. The summed E-state index contributed by atoms with van der Waals surface area (Å²) in [5.41, 5.74) is 1.78. The third-order valence-corrected chi connectivity index (χ3v) is 2.97. The van der Waals surface area contributed by atoms with Gasteiger partial charge in [-0.05, 0) is 19.1 Å². The molecule has 1 aromatic rings. The maximum atomic E-state index is 13.2. The van der Waals surface area contributed by atoms with E-state index in [9.17, 15) is 17.6 Å². The Labute approximate surface area is 97.8 Å². The zero-order chi connectivity index (χ0) is 12.9. The number of benzene rings is 1. The van der Waals surface area contributed by atoms with Crippen LogP contribution in [0.5, 0.6) is 0 Å². The van der Waals surface area contributed by atoms with E-state index >= 15 is 0 Å². The first kappa shape index (κ1) is 13.4. The Morgan fingerprint density at radius 1 is 1.41 bits per heavy atom. The van der Waals surface area contributed by atoms with Gasteiger partial charge in [0, 0.05) is 0 Å². The van der Waals surface area contributed by atoms with Crippen molar-refractivity contribution in [2.45, 2.75) is 11.8 Å². The Balaban J connectivity index is 2.77. The second-order valence-electron chi connectivity index (χ2n) is 2.88. The second-order valence-corrected chi connectivity index (χ2v) is 4.53. The predicted molar refractivity (Wildman–Crippen MR) is 56.9 cm³/mol. The summed E-state index contributed by atoms with van der Waals surface area (Å²) in [4.78, 5) is 12.0. The fourth-order valence-corrected chi connectivity index (χ4v) is 1.90. The fourth-order valence-electron chi connectivity index (χ4n) is 0.994. The quantitative estimate of drug-likeness (QED) is 0.785. The van der Waals surface area contributed by atoms with Gasteiger partial charge in [-0.1, -0.05) is 12.1 Å². The summed E-state index contributed by atoms with van der Waals surface area (Å²) in [6.45, 7) is 1.65. The number of hydrogen-bond acceptors (Lipinski definition) is 4. The molecule has 0 radical (unpaired) electrons. The van der Waals surface area contributed by atoms with Gasteiger partial charge in [0.2, 0.25) is 0 Å². The summed E-state index contributed by atoms with van der Waals surface area (Å²) in [5.74, 6) is -0.911. The van der Waals surface area contributed by atoms with Crippen LogP contribution in [0.15, 0.2) is 29.2 Å². The lowest BCUT2D eigenvalue weighted by Gasteiger charge is -2.08. The van der Waals surface area contributed by atoms with Crippen molar-refractivity contribution in [3.63, 3.8) is 0 Å². The van der Waals surface area contributed by atoms with Crippen LogP contribution in [0.1, 0.15) is 6.92 Å². The first-order chi connectivity index (χ1) is 7.97. The van der Waals surface area contributed by atoms with Gasteiger partial charge in [-0.15, -0.1) is 4.83 Å². The first-order valence-electron chi connectivity index (χ1n) is 4.66. The van der Waals surface area contributed by atoms with Crippen LogP contribution >= 0.6 is 0 Å². The Morgan fingerprint density at radius 3 is 2.65 bits per heavy atom. The number of carbonyl (C=O) groups excluding carboxylic acids is 1. The zero-order valence-corrected chi connectivity index (χ0v) is 9.75. The van der Waals surface area contributed by atoms with Gasteiger partial charge in [0.05, 0.1) is 6.61 Å². The number of halogens is 1. The number of hydrazine groups is 1. The van der Waals surface area contributed by atoms with Gasteiger partial charge < -0.3 is 4.74 Å². The summed E-state index contributed by atoms with van der Waals surface area (Å²) in [5, 5.41) is 0. The second kappa shape index (κ2) is 5.60. The van der Waals surface area contributed by atoms with Crippen molar-refractivity contribution < 1.29 is 22.3 Å². The largest absolute Gasteiger partial charge is 0.449 e. The minimum absolute atomic E-state index is 0.0905. The maximum absolute atomic E-state index is 13.2. The van der Waals surface area contributed by atoms with Crippen molar-refractivity contribution in [3.8, 4) is 0 Å². The van der Waals surface area contributed by atoms with E-state index in [1.165, 1.54) is 12.1 Å². The van der Waals surface area contributed by atoms with Crippen molar-refractivity contribution in [3.05, 3.63) is 30.1 Å². The van der Waals surface area contributed by atoms with Gasteiger partial charge in [-0.2, -0.15) is 0 Å². The van der Waals surface area contributed by atoms with Crippen LogP contribution in [0, 0.1) is 5.82 Å². The molecule has 0 aromatic heterocycles. The number of nitrogens with one attached hydrogen (secondary N) is 2. The van der Waals surface area contributed by atoms with Crippen molar-refractivity contribution >= 4 is 16.1 Å². The van der Waals surface area contributed by atoms with Crippen molar-refractivity contribution in [2.75, 3.05) is 6.61 Å². The number of rotatable bonds is 4. The van der Waals surface area contributed by atoms with E-state index in [-0.39, 0.29) is 6.61 Å². The van der Waals surface area contributed by atoms with Crippen LogP contribution in [0.2, 0.25) is 0 Å². The molecule has 0 aliphatic carbocycles. The molecule has 0 aliphatic heterocycles. The van der Waals surface area contributed by atoms with E-state index in [0.29, 0.717) is 0 Å². The molecule has 0 heterocycles. The number of ether oxygens (including phenoxy) is 1. The SMILES string of the molecule is CCOC(=O)NNS(=O)(=O)c1ccccc1F. The lowest BCUT2D eigenvalue weighted by molar-refractivity contribution is 0.150. The average Bonchev–Trinajstić information content (AvgIpc) is 2.27. The van der Waals surface area contributed by atoms with E-state index in [2.05, 4.69) is 4.74 Å². The van der Waals surface area contributed by atoms with Gasteiger partial charge in [0.1, 0.15) is 10.7 Å². The summed E-state index contributed by atoms with van der Waals surface area (Å²) in [6, 6.07) is 4.79. The van der Waals surface area contributed by atoms with Crippen LogP contribution in [0.25, 0.3) is 0 Å². The topological polar surface area (TPSA) is 84.5 Å². The number of hydrogen-bond donors (Lipinski definition) is 2. The Bertz CT molecular complexity index is 503. The van der Waals surface area contributed by atoms with Crippen LogP contribution in [-0.2, 0) is 14.8 Å². The molecule has 0 saturated heterocycles. The highest BCUT2D eigenvalue weighted by Crippen LogP contribution is 2.12. The highest BCUT2D eigenvalue weighted by molar-refractivity contribution is 7.89. The minimum atomic E-state index is -4.14. The number of carbonyl (C=O) groups is 1. The maximum Gasteiger partial charge on any atom is 0.422 e. The molecular weight excluding hydrogens is 251 g/mol. The fraction of sp³-hybridized carbons (Fsp3) is 0.222. The van der Waals surface area contributed by atoms with Crippen LogP contribution < -0.4 is 10.3 Å². The molecule has 1 amide bonds. The molecule has 94 valence electrons. The molecule has 1 rings (SSSR count). The molecular formula is C9H11FN2O4S. The van der Waals surface area contributed by atoms with Crippen LogP contribution in [0.4, 0.5) is 9.18 Å². The third kappa shape index (κ3) is 3.68. The Hall–Kier alpha value is -1.67. The Kier molecular flexibility index (Phi) is 4.41. The summed E-state index contributed by atoms with van der Waals surface area (Å²) >= 11 is 0. The van der Waals surface area contributed by atoms with Gasteiger partial charge in [0.15, 0.2) is 0 Å². The molecule has 0 fully saturated rings. The molecule has 6 nitrogen and oxygen atoms in total. The molecule has 0 spiro atoms. The molecule has 17 heavy (non-hydrogen) atoms. The lowest BCUT2D eigenvalue weighted by atomic mass is 10.4. The molecule has 0 aliphatic rings. The van der Waals surface area contributed by atoms with Gasteiger partial charge in [0.25, 0.3) is 10.0 Å². The highest BCUT2D eigenvalue weighted by atomic mass is 32.2. The number of sulfonamides is 1. The minimum Gasteiger partial charge on any atom is -0.449 e. The predicted octanol–water partition coefficient (Wildman–Crippen LogP) is 0.765. The van der Waals surface area contributed by atoms with E-state index in [1.54, 1.807) is 17.2 Å². The highest BCUT2D eigenvalue weighted by Gasteiger charge is 2.19. The third-order valence-electron chi connectivity index (χ3n) is 1.69. The zero-order valence-electron chi connectivity index (χ0n) is 8.94. The molecule has 0 atom stereocenters. The smallest absolute Gasteiger partial charge is 0.422 e. The number of amides is 1. The molecule has 0 unspecified atom stereocenters. The standard InChI is InChI=1S/C9H11FN2O4S/c1-2-16-9(13)11-12-17(14,15)8-6-4-3-5-7(8)10/h3-6,12H,2H2,1H3,(H,11,13). The lowest BCUT2D eigenvalue weighted by Crippen LogP contribution is -2.42. The summed E-state index contributed by atoms with van der Waals surface area (Å²) in [7, 11) is -4.14. The molecule has 1 aromatic carbocycles. The van der Waals surface area contributed by atoms with E-state index < -0.39 is 26.8 Å². The summed E-state index contributed by atoms with van der Waals surface area (Å²) in [6.07, 6.45) is -0.965. The monoisotopic (exact) mass is 262 g/mol. The van der Waals surface area contributed by atoms with E-state index in [4.69, 9.17) is 0 Å². The molecule has 8 heteroatoms. The van der Waals surface area contributed by atoms with Crippen molar-refractivity contribution in [1.82, 2.24) is 10.3 Å². The van der Waals surface area contributed by atoms with Crippen molar-refractivity contribution in [1.29, 1.82) is 0 Å². The van der Waals surface area contributed by atoms with E-state index in [0.717, 1.165) is 12.1 Å². The molecule has 0 bridgehead atoms. The molecule has 0 saturated carbocycles. The van der Waals surface area contributed by atoms with Crippen LogP contribution in [0.3, 0.4) is 0 Å². The molecule has 2 N–H and O–H groups in total. The van der Waals surface area contributed by atoms with Gasteiger partial charge >= 0.3 is 6.09 Å². The Morgan fingerprint density at radius 2 is 2.06 bits per heavy atom. The van der Waals surface area contributed by atoms with Gasteiger partial charge in [-0.25, -0.2) is 23.0 Å². The average molecular weight is 262 g/mol. The summed E-state index contributed by atoms with van der Waals surface area (Å²) < 4.78 is 40.7.